The Morgan fingerprint density at radius 2 is 1.96 bits per heavy atom. The highest BCUT2D eigenvalue weighted by molar-refractivity contribution is 5.09. The second-order valence-electron chi connectivity index (χ2n) is 7.40. The Hall–Kier alpha value is -1.73. The lowest BCUT2D eigenvalue weighted by molar-refractivity contribution is 0.0871. The van der Waals surface area contributed by atoms with Crippen LogP contribution in [0, 0.1) is 5.92 Å². The summed E-state index contributed by atoms with van der Waals surface area (Å²) in [5.41, 5.74) is 1.31. The van der Waals surface area contributed by atoms with Gasteiger partial charge in [-0.05, 0) is 39.4 Å². The summed E-state index contributed by atoms with van der Waals surface area (Å²) in [6, 6.07) is 0.425. The summed E-state index contributed by atoms with van der Waals surface area (Å²) in [6.45, 7) is 5.16. The molecule has 7 heteroatoms. The smallest absolute Gasteiger partial charge is 0.146 e. The van der Waals surface area contributed by atoms with Gasteiger partial charge in [0, 0.05) is 33.3 Å². The van der Waals surface area contributed by atoms with Crippen LogP contribution >= 0.6 is 0 Å². The number of piperidine rings is 1. The largest absolute Gasteiger partial charge is 0.336 e. The van der Waals surface area contributed by atoms with E-state index in [9.17, 15) is 0 Å². The van der Waals surface area contributed by atoms with Crippen LogP contribution in [0.3, 0.4) is 0 Å². The highest BCUT2D eigenvalue weighted by atomic mass is 15.3. The predicted molar refractivity (Wildman–Crippen MR) is 98.0 cm³/mol. The quantitative estimate of drug-likeness (QED) is 0.796. The van der Waals surface area contributed by atoms with Crippen molar-refractivity contribution in [1.29, 1.82) is 0 Å². The first-order valence-corrected chi connectivity index (χ1v) is 9.23. The molecular weight excluding hydrogens is 314 g/mol. The van der Waals surface area contributed by atoms with Crippen LogP contribution in [-0.2, 0) is 27.1 Å². The Bertz CT molecular complexity index is 689. The third-order valence-electron chi connectivity index (χ3n) is 5.49. The Balaban J connectivity index is 1.70. The van der Waals surface area contributed by atoms with E-state index < -0.39 is 0 Å². The first-order valence-electron chi connectivity index (χ1n) is 9.23. The minimum atomic E-state index is 0.425. The maximum atomic E-state index is 4.36. The fourth-order valence-electron chi connectivity index (χ4n) is 4.12. The first kappa shape index (κ1) is 18.1. The van der Waals surface area contributed by atoms with E-state index in [4.69, 9.17) is 0 Å². The summed E-state index contributed by atoms with van der Waals surface area (Å²) in [4.78, 5) is 9.21. The molecule has 2 aromatic rings. The molecule has 0 N–H and O–H groups in total. The number of hydrogen-bond donors (Lipinski definition) is 0. The molecular formula is C18H31N7. The molecule has 138 valence electrons. The number of likely N-dealkylation sites (tertiary alicyclic amines) is 1. The molecule has 1 fully saturated rings. The Morgan fingerprint density at radius 3 is 2.60 bits per heavy atom. The van der Waals surface area contributed by atoms with E-state index in [1.807, 2.05) is 12.5 Å². The molecule has 1 aliphatic heterocycles. The molecule has 0 amide bonds. The van der Waals surface area contributed by atoms with Gasteiger partial charge < -0.3 is 9.13 Å². The predicted octanol–water partition coefficient (Wildman–Crippen LogP) is 1.63. The maximum absolute atomic E-state index is 4.36. The molecule has 25 heavy (non-hydrogen) atoms. The van der Waals surface area contributed by atoms with Gasteiger partial charge in [0.15, 0.2) is 0 Å². The molecule has 7 nitrogen and oxygen atoms in total. The van der Waals surface area contributed by atoms with E-state index in [0.29, 0.717) is 12.0 Å². The summed E-state index contributed by atoms with van der Waals surface area (Å²) in [5.74, 6) is 2.69. The number of aryl methyl sites for hydroxylation is 2. The summed E-state index contributed by atoms with van der Waals surface area (Å²) in [7, 11) is 8.58. The number of rotatable bonds is 6. The molecule has 2 aromatic heterocycles. The van der Waals surface area contributed by atoms with Crippen molar-refractivity contribution in [2.75, 3.05) is 27.2 Å². The lowest BCUT2D eigenvalue weighted by Crippen LogP contribution is -2.41. The van der Waals surface area contributed by atoms with Gasteiger partial charge in [-0.3, -0.25) is 9.80 Å². The Morgan fingerprint density at radius 1 is 1.20 bits per heavy atom. The average molecular weight is 345 g/mol. The third-order valence-corrected chi connectivity index (χ3v) is 5.49. The van der Waals surface area contributed by atoms with Crippen molar-refractivity contribution < 1.29 is 0 Å². The second-order valence-corrected chi connectivity index (χ2v) is 7.40. The first-order chi connectivity index (χ1) is 12.0. The van der Waals surface area contributed by atoms with E-state index in [0.717, 1.165) is 37.7 Å². The molecule has 1 saturated heterocycles. The molecule has 3 heterocycles. The molecule has 0 radical (unpaired) electrons. The molecule has 0 aliphatic carbocycles. The lowest BCUT2D eigenvalue weighted by Gasteiger charge is -2.40. The second kappa shape index (κ2) is 7.66. The molecule has 0 bridgehead atoms. The van der Waals surface area contributed by atoms with Gasteiger partial charge in [-0.1, -0.05) is 6.92 Å². The summed E-state index contributed by atoms with van der Waals surface area (Å²) < 4.78 is 4.29. The highest BCUT2D eigenvalue weighted by Gasteiger charge is 2.33. The van der Waals surface area contributed by atoms with Crippen molar-refractivity contribution >= 4 is 0 Å². The molecule has 2 atom stereocenters. The molecule has 0 spiro atoms. The van der Waals surface area contributed by atoms with Gasteiger partial charge in [0.1, 0.15) is 11.6 Å². The number of aromatic nitrogens is 5. The minimum Gasteiger partial charge on any atom is -0.336 e. The fraction of sp³-hybridized carbons (Fsp3) is 0.722. The van der Waals surface area contributed by atoms with E-state index in [2.05, 4.69) is 69.2 Å². The topological polar surface area (TPSA) is 55.0 Å². The van der Waals surface area contributed by atoms with Crippen LogP contribution in [0.4, 0.5) is 0 Å². The lowest BCUT2D eigenvalue weighted by atomic mass is 9.87. The van der Waals surface area contributed by atoms with E-state index >= 15 is 0 Å². The van der Waals surface area contributed by atoms with Gasteiger partial charge in [-0.15, -0.1) is 10.2 Å². The fourth-order valence-corrected chi connectivity index (χ4v) is 4.12. The third kappa shape index (κ3) is 3.77. The molecule has 1 aliphatic rings. The molecule has 0 unspecified atom stereocenters. The van der Waals surface area contributed by atoms with Gasteiger partial charge in [0.25, 0.3) is 0 Å². The zero-order chi connectivity index (χ0) is 18.0. The number of imidazole rings is 1. The van der Waals surface area contributed by atoms with Gasteiger partial charge in [0.2, 0.25) is 0 Å². The average Bonchev–Trinajstić information content (AvgIpc) is 3.14. The van der Waals surface area contributed by atoms with Crippen LogP contribution in [0.15, 0.2) is 12.5 Å². The van der Waals surface area contributed by atoms with Crippen molar-refractivity contribution in [3.05, 3.63) is 29.9 Å². The highest BCUT2D eigenvalue weighted by Crippen LogP contribution is 2.35. The Labute approximate surface area is 150 Å². The molecule has 0 aromatic carbocycles. The van der Waals surface area contributed by atoms with Crippen LogP contribution in [0.1, 0.15) is 43.1 Å². The minimum absolute atomic E-state index is 0.425. The van der Waals surface area contributed by atoms with Gasteiger partial charge in [-0.25, -0.2) is 4.98 Å². The summed E-state index contributed by atoms with van der Waals surface area (Å²) >= 11 is 0. The zero-order valence-corrected chi connectivity index (χ0v) is 16.2. The SMILES string of the molecule is CCc1nnc(CN(C)C[C@@H]2CCCN(C)[C@H]2c2cncn2C)n1C. The van der Waals surface area contributed by atoms with Crippen molar-refractivity contribution in [3.63, 3.8) is 0 Å². The normalized spacial score (nSPS) is 22.0. The van der Waals surface area contributed by atoms with E-state index in [-0.39, 0.29) is 0 Å². The van der Waals surface area contributed by atoms with Crippen molar-refractivity contribution in [2.45, 2.75) is 38.8 Å². The molecule has 3 rings (SSSR count). The van der Waals surface area contributed by atoms with Gasteiger partial charge >= 0.3 is 0 Å². The van der Waals surface area contributed by atoms with E-state index in [1.54, 1.807) is 0 Å². The summed E-state index contributed by atoms with van der Waals surface area (Å²) in [5, 5.41) is 8.64. The van der Waals surface area contributed by atoms with Gasteiger partial charge in [-0.2, -0.15) is 0 Å². The number of hydrogen-bond acceptors (Lipinski definition) is 5. The van der Waals surface area contributed by atoms with Crippen molar-refractivity contribution in [1.82, 2.24) is 34.1 Å². The van der Waals surface area contributed by atoms with Crippen LogP contribution < -0.4 is 0 Å². The van der Waals surface area contributed by atoms with Crippen LogP contribution in [-0.4, -0.2) is 61.3 Å². The monoisotopic (exact) mass is 345 g/mol. The zero-order valence-electron chi connectivity index (χ0n) is 16.2. The van der Waals surface area contributed by atoms with Crippen molar-refractivity contribution in [3.8, 4) is 0 Å². The van der Waals surface area contributed by atoms with Crippen LogP contribution in [0.25, 0.3) is 0 Å². The number of nitrogens with zero attached hydrogens (tertiary/aromatic N) is 7. The standard InChI is InChI=1S/C18H31N7/c1-6-16-20-21-17(25(16)5)12-22(2)11-14-8-7-9-23(3)18(14)15-10-19-13-24(15)4/h10,13-14,18H,6-9,11-12H2,1-5H3/t14-,18+/m0/s1. The van der Waals surface area contributed by atoms with E-state index in [1.165, 1.54) is 18.5 Å². The summed E-state index contributed by atoms with van der Waals surface area (Å²) in [6.07, 6.45) is 7.36. The van der Waals surface area contributed by atoms with Crippen molar-refractivity contribution in [2.24, 2.45) is 20.0 Å². The molecule has 0 saturated carbocycles. The van der Waals surface area contributed by atoms with Crippen LogP contribution in [0.2, 0.25) is 0 Å². The Kier molecular flexibility index (Phi) is 5.54. The van der Waals surface area contributed by atoms with Gasteiger partial charge in [0.05, 0.1) is 24.6 Å². The van der Waals surface area contributed by atoms with Crippen LogP contribution in [0.5, 0.6) is 0 Å². The maximum Gasteiger partial charge on any atom is 0.146 e.